The first-order valence-electron chi connectivity index (χ1n) is 7.66. The second-order valence-corrected chi connectivity index (χ2v) is 5.97. The molecule has 0 radical (unpaired) electrons. The summed E-state index contributed by atoms with van der Waals surface area (Å²) in [6.45, 7) is 0.242. The number of aliphatic carboxylic acids is 1. The molecule has 0 aliphatic carbocycles. The summed E-state index contributed by atoms with van der Waals surface area (Å²) in [4.78, 5) is 34.0. The third kappa shape index (κ3) is 5.39. The van der Waals surface area contributed by atoms with Gasteiger partial charge in [-0.25, -0.2) is 9.59 Å². The van der Waals surface area contributed by atoms with Crippen LogP contribution in [0.25, 0.3) is 10.9 Å². The molecule has 9 heteroatoms. The van der Waals surface area contributed by atoms with Gasteiger partial charge in [-0.3, -0.25) is 4.79 Å². The van der Waals surface area contributed by atoms with Gasteiger partial charge >= 0.3 is 12.0 Å². The van der Waals surface area contributed by atoms with Gasteiger partial charge in [0.1, 0.15) is 12.6 Å². The number of primary amides is 1. The number of urea groups is 1. The smallest absolute Gasteiger partial charge is 0.326 e. The summed E-state index contributed by atoms with van der Waals surface area (Å²) in [5.74, 6) is -1.54. The average Bonchev–Trinajstić information content (AvgIpc) is 2.91. The zero-order chi connectivity index (χ0) is 18.4. The number of carboxylic acids is 1. The van der Waals surface area contributed by atoms with E-state index in [1.807, 2.05) is 6.07 Å². The van der Waals surface area contributed by atoms with Crippen LogP contribution in [0.1, 0.15) is 12.8 Å². The van der Waals surface area contributed by atoms with Crippen molar-refractivity contribution in [1.82, 2.24) is 15.2 Å². The summed E-state index contributed by atoms with van der Waals surface area (Å²) in [7, 11) is 0. The van der Waals surface area contributed by atoms with Gasteiger partial charge in [-0.1, -0.05) is 11.6 Å². The first-order valence-corrected chi connectivity index (χ1v) is 8.04. The first kappa shape index (κ1) is 18.6. The molecule has 8 nitrogen and oxygen atoms in total. The topological polar surface area (TPSA) is 126 Å². The molecular weight excluding hydrogens is 348 g/mol. The minimum atomic E-state index is -1.13. The molecule has 2 aromatic rings. The van der Waals surface area contributed by atoms with Crippen molar-refractivity contribution in [2.45, 2.75) is 25.4 Å². The van der Waals surface area contributed by atoms with Gasteiger partial charge in [0.15, 0.2) is 0 Å². The number of hydrogen-bond acceptors (Lipinski definition) is 3. The van der Waals surface area contributed by atoms with E-state index in [1.54, 1.807) is 29.0 Å². The summed E-state index contributed by atoms with van der Waals surface area (Å²) in [5.41, 5.74) is 5.76. The lowest BCUT2D eigenvalue weighted by Crippen LogP contribution is -2.42. The molecule has 1 unspecified atom stereocenters. The van der Waals surface area contributed by atoms with E-state index in [0.29, 0.717) is 11.4 Å². The lowest BCUT2D eigenvalue weighted by molar-refractivity contribution is -0.142. The Hall–Kier alpha value is -2.74. The average molecular weight is 367 g/mol. The minimum absolute atomic E-state index is 0.00551. The monoisotopic (exact) mass is 366 g/mol. The predicted molar refractivity (Wildman–Crippen MR) is 93.3 cm³/mol. The fourth-order valence-corrected chi connectivity index (χ4v) is 2.66. The number of hydrogen-bond donors (Lipinski definition) is 4. The van der Waals surface area contributed by atoms with Gasteiger partial charge in [0.2, 0.25) is 5.91 Å². The number of halogens is 1. The number of nitrogens with one attached hydrogen (secondary N) is 2. The maximum Gasteiger partial charge on any atom is 0.326 e. The normalized spacial score (nSPS) is 11.9. The van der Waals surface area contributed by atoms with E-state index in [1.165, 1.54) is 0 Å². The van der Waals surface area contributed by atoms with Crippen LogP contribution < -0.4 is 16.4 Å². The van der Waals surface area contributed by atoms with Crippen LogP contribution in [0.15, 0.2) is 30.5 Å². The summed E-state index contributed by atoms with van der Waals surface area (Å²) < 4.78 is 1.72. The maximum atomic E-state index is 12.2. The van der Waals surface area contributed by atoms with Crippen molar-refractivity contribution in [2.75, 3.05) is 6.54 Å². The Kier molecular flexibility index (Phi) is 6.24. The molecular formula is C16H19ClN4O4. The molecule has 25 heavy (non-hydrogen) atoms. The molecule has 0 saturated carbocycles. The lowest BCUT2D eigenvalue weighted by Gasteiger charge is -2.15. The van der Waals surface area contributed by atoms with E-state index in [-0.39, 0.29) is 19.5 Å². The molecule has 0 bridgehead atoms. The number of carbonyl (C=O) groups excluding carboxylic acids is 2. The Morgan fingerprint density at radius 1 is 1.28 bits per heavy atom. The van der Waals surface area contributed by atoms with E-state index >= 15 is 0 Å². The Balaban J connectivity index is 1.93. The van der Waals surface area contributed by atoms with Gasteiger partial charge in [0.05, 0.1) is 0 Å². The molecule has 1 heterocycles. The zero-order valence-corrected chi connectivity index (χ0v) is 14.1. The quantitative estimate of drug-likeness (QED) is 0.525. The highest BCUT2D eigenvalue weighted by Crippen LogP contribution is 2.20. The molecule has 3 amide bonds. The lowest BCUT2D eigenvalue weighted by atomic mass is 10.1. The largest absolute Gasteiger partial charge is 0.480 e. The van der Waals surface area contributed by atoms with Crippen LogP contribution in [0.4, 0.5) is 4.79 Å². The van der Waals surface area contributed by atoms with Gasteiger partial charge in [-0.05, 0) is 37.1 Å². The van der Waals surface area contributed by atoms with Crippen molar-refractivity contribution in [2.24, 2.45) is 5.73 Å². The van der Waals surface area contributed by atoms with Gasteiger partial charge in [0.25, 0.3) is 0 Å². The molecule has 1 aromatic carbocycles. The summed E-state index contributed by atoms with van der Waals surface area (Å²) in [6.07, 6.45) is 2.31. The molecule has 0 spiro atoms. The number of rotatable bonds is 8. The molecule has 0 fully saturated rings. The van der Waals surface area contributed by atoms with Crippen LogP contribution in [-0.4, -0.2) is 40.2 Å². The maximum absolute atomic E-state index is 12.2. The molecule has 2 rings (SSSR count). The van der Waals surface area contributed by atoms with E-state index in [2.05, 4.69) is 10.6 Å². The number of fused-ring (bicyclic) bond motifs is 1. The van der Waals surface area contributed by atoms with E-state index < -0.39 is 23.9 Å². The zero-order valence-electron chi connectivity index (χ0n) is 13.4. The third-order valence-corrected chi connectivity index (χ3v) is 3.88. The van der Waals surface area contributed by atoms with Crippen LogP contribution in [0.2, 0.25) is 5.02 Å². The summed E-state index contributed by atoms with van der Waals surface area (Å²) >= 11 is 5.93. The highest BCUT2D eigenvalue weighted by molar-refractivity contribution is 6.31. The number of nitrogens with zero attached hydrogens (tertiary/aromatic N) is 1. The fourth-order valence-electron chi connectivity index (χ4n) is 2.48. The fraction of sp³-hybridized carbons (Fsp3) is 0.312. The van der Waals surface area contributed by atoms with Crippen LogP contribution in [0, 0.1) is 0 Å². The van der Waals surface area contributed by atoms with Crippen molar-refractivity contribution in [3.05, 3.63) is 35.5 Å². The van der Waals surface area contributed by atoms with E-state index in [4.69, 9.17) is 17.3 Å². The summed E-state index contributed by atoms with van der Waals surface area (Å²) in [5, 5.41) is 15.6. The Bertz CT molecular complexity index is 790. The van der Waals surface area contributed by atoms with Crippen molar-refractivity contribution in [1.29, 1.82) is 0 Å². The van der Waals surface area contributed by atoms with Gasteiger partial charge in [-0.2, -0.15) is 0 Å². The number of carbonyl (C=O) groups is 3. The Morgan fingerprint density at radius 3 is 2.72 bits per heavy atom. The second-order valence-electron chi connectivity index (χ2n) is 5.54. The minimum Gasteiger partial charge on any atom is -0.480 e. The number of aromatic nitrogens is 1. The van der Waals surface area contributed by atoms with Crippen LogP contribution in [0.5, 0.6) is 0 Å². The predicted octanol–water partition coefficient (Wildman–Crippen LogP) is 1.31. The van der Waals surface area contributed by atoms with Crippen molar-refractivity contribution in [3.63, 3.8) is 0 Å². The standard InChI is InChI=1S/C16H19ClN4O4/c17-11-3-4-13-10(8-11)5-7-21(13)9-14(22)20-12(15(23)24)2-1-6-19-16(18)25/h3-5,7-8,12H,1-2,6,9H2,(H,20,22)(H,23,24)(H3,18,19,25). The highest BCUT2D eigenvalue weighted by Gasteiger charge is 2.19. The Labute approximate surface area is 148 Å². The van der Waals surface area contributed by atoms with Gasteiger partial charge in [0, 0.05) is 28.7 Å². The first-order chi connectivity index (χ1) is 11.9. The van der Waals surface area contributed by atoms with Gasteiger partial charge < -0.3 is 26.0 Å². The molecule has 1 aromatic heterocycles. The van der Waals surface area contributed by atoms with Gasteiger partial charge in [-0.15, -0.1) is 0 Å². The SMILES string of the molecule is NC(=O)NCCCC(NC(=O)Cn1ccc2cc(Cl)ccc21)C(=O)O. The molecule has 0 aliphatic rings. The highest BCUT2D eigenvalue weighted by atomic mass is 35.5. The molecule has 0 aliphatic heterocycles. The molecule has 1 atom stereocenters. The molecule has 0 saturated heterocycles. The van der Waals surface area contributed by atoms with Crippen LogP contribution >= 0.6 is 11.6 Å². The van der Waals surface area contributed by atoms with Crippen molar-refractivity contribution in [3.8, 4) is 0 Å². The van der Waals surface area contributed by atoms with Crippen LogP contribution in [-0.2, 0) is 16.1 Å². The molecule has 134 valence electrons. The van der Waals surface area contributed by atoms with E-state index in [0.717, 1.165) is 10.9 Å². The Morgan fingerprint density at radius 2 is 2.04 bits per heavy atom. The van der Waals surface area contributed by atoms with Crippen molar-refractivity contribution >= 4 is 40.4 Å². The number of carboxylic acid groups (broad SMARTS) is 1. The number of benzene rings is 1. The van der Waals surface area contributed by atoms with Crippen LogP contribution in [0.3, 0.4) is 0 Å². The number of amides is 3. The third-order valence-electron chi connectivity index (χ3n) is 3.65. The summed E-state index contributed by atoms with van der Waals surface area (Å²) in [6, 6.07) is 5.45. The molecule has 5 N–H and O–H groups in total. The van der Waals surface area contributed by atoms with E-state index in [9.17, 15) is 19.5 Å². The van der Waals surface area contributed by atoms with Crippen molar-refractivity contribution < 1.29 is 19.5 Å². The number of nitrogens with two attached hydrogens (primary N) is 1. The second kappa shape index (κ2) is 8.39.